The van der Waals surface area contributed by atoms with Crippen LogP contribution in [0, 0.1) is 5.82 Å². The summed E-state index contributed by atoms with van der Waals surface area (Å²) >= 11 is 3.20. The minimum Gasteiger partial charge on any atom is -0.337 e. The molecule has 1 amide bonds. The van der Waals surface area contributed by atoms with Gasteiger partial charge in [-0.1, -0.05) is 15.9 Å². The highest BCUT2D eigenvalue weighted by atomic mass is 79.9. The monoisotopic (exact) mass is 336 g/mol. The van der Waals surface area contributed by atoms with Crippen molar-refractivity contribution in [2.24, 2.45) is 0 Å². The quantitative estimate of drug-likeness (QED) is 0.854. The maximum Gasteiger partial charge on any atom is 0.254 e. The summed E-state index contributed by atoms with van der Waals surface area (Å²) in [5.41, 5.74) is 0.402. The van der Waals surface area contributed by atoms with Gasteiger partial charge >= 0.3 is 0 Å². The lowest BCUT2D eigenvalue weighted by Gasteiger charge is -2.20. The van der Waals surface area contributed by atoms with E-state index >= 15 is 0 Å². The number of rotatable bonds is 1. The molecule has 6 heteroatoms. The molecule has 1 N–H and O–H groups in total. The van der Waals surface area contributed by atoms with Crippen LogP contribution in [0.5, 0.6) is 0 Å². The number of carbonyl (C=O) groups excluding carboxylic acids is 1. The van der Waals surface area contributed by atoms with E-state index in [9.17, 15) is 9.18 Å². The van der Waals surface area contributed by atoms with Crippen LogP contribution in [0.15, 0.2) is 22.7 Å². The van der Waals surface area contributed by atoms with Crippen LogP contribution in [-0.2, 0) is 0 Å². The first-order chi connectivity index (χ1) is 8.16. The molecule has 0 radical (unpaired) electrons. The van der Waals surface area contributed by atoms with Gasteiger partial charge < -0.3 is 10.2 Å². The Morgan fingerprint density at radius 3 is 2.78 bits per heavy atom. The van der Waals surface area contributed by atoms with Crippen LogP contribution in [0.3, 0.4) is 0 Å². The molecule has 0 aromatic heterocycles. The second-order valence-corrected chi connectivity index (χ2v) is 4.97. The molecule has 1 saturated heterocycles. The van der Waals surface area contributed by atoms with E-state index in [1.165, 1.54) is 12.1 Å². The molecule has 1 aliphatic rings. The number of benzene rings is 1. The molecule has 0 aliphatic carbocycles. The van der Waals surface area contributed by atoms with Crippen molar-refractivity contribution < 1.29 is 9.18 Å². The average molecular weight is 338 g/mol. The summed E-state index contributed by atoms with van der Waals surface area (Å²) in [7, 11) is 0. The molecule has 0 atom stereocenters. The predicted molar refractivity (Wildman–Crippen MR) is 74.7 cm³/mol. The second-order valence-electron chi connectivity index (χ2n) is 4.05. The first kappa shape index (κ1) is 15.4. The van der Waals surface area contributed by atoms with Gasteiger partial charge in [0.05, 0.1) is 0 Å². The Balaban J connectivity index is 0.00000162. The Labute approximate surface area is 120 Å². The fourth-order valence-electron chi connectivity index (χ4n) is 1.91. The molecule has 1 heterocycles. The van der Waals surface area contributed by atoms with Crippen LogP contribution < -0.4 is 5.32 Å². The highest BCUT2D eigenvalue weighted by molar-refractivity contribution is 9.10. The minimum absolute atomic E-state index is 0. The molecule has 100 valence electrons. The molecule has 2 rings (SSSR count). The summed E-state index contributed by atoms with van der Waals surface area (Å²) in [5.74, 6) is -0.496. The van der Waals surface area contributed by atoms with Gasteiger partial charge in [-0.25, -0.2) is 4.39 Å². The third-order valence-corrected chi connectivity index (χ3v) is 3.19. The van der Waals surface area contributed by atoms with Gasteiger partial charge in [-0.15, -0.1) is 12.4 Å². The van der Waals surface area contributed by atoms with Crippen molar-refractivity contribution in [2.75, 3.05) is 26.2 Å². The van der Waals surface area contributed by atoms with E-state index in [1.54, 1.807) is 11.0 Å². The number of amides is 1. The molecule has 1 aliphatic heterocycles. The summed E-state index contributed by atoms with van der Waals surface area (Å²) < 4.78 is 13.8. The Kier molecular flexibility index (Phi) is 6.05. The van der Waals surface area contributed by atoms with Crippen LogP contribution in [-0.4, -0.2) is 37.0 Å². The smallest absolute Gasteiger partial charge is 0.254 e. The SMILES string of the molecule is Cl.O=C(c1cc(F)cc(Br)c1)N1CCCNCC1. The van der Waals surface area contributed by atoms with Gasteiger partial charge in [0.25, 0.3) is 5.91 Å². The van der Waals surface area contributed by atoms with Crippen LogP contribution in [0.1, 0.15) is 16.8 Å². The zero-order valence-corrected chi connectivity index (χ0v) is 12.2. The molecule has 0 bridgehead atoms. The largest absolute Gasteiger partial charge is 0.337 e. The van der Waals surface area contributed by atoms with Gasteiger partial charge in [-0.3, -0.25) is 4.79 Å². The van der Waals surface area contributed by atoms with Crippen molar-refractivity contribution in [1.82, 2.24) is 10.2 Å². The number of hydrogen-bond donors (Lipinski definition) is 1. The molecule has 0 saturated carbocycles. The summed E-state index contributed by atoms with van der Waals surface area (Å²) in [4.78, 5) is 13.9. The number of carbonyl (C=O) groups is 1. The normalized spacial score (nSPS) is 15.8. The van der Waals surface area contributed by atoms with Gasteiger partial charge in [0, 0.05) is 29.7 Å². The van der Waals surface area contributed by atoms with E-state index in [1.807, 2.05) is 0 Å². The number of hydrogen-bond acceptors (Lipinski definition) is 2. The molecule has 18 heavy (non-hydrogen) atoms. The molecule has 1 fully saturated rings. The van der Waals surface area contributed by atoms with Crippen LogP contribution in [0.25, 0.3) is 0 Å². The maximum absolute atomic E-state index is 13.2. The maximum atomic E-state index is 13.2. The Hall–Kier alpha value is -0.650. The lowest BCUT2D eigenvalue weighted by molar-refractivity contribution is 0.0766. The fraction of sp³-hybridized carbons (Fsp3) is 0.417. The zero-order valence-electron chi connectivity index (χ0n) is 9.79. The topological polar surface area (TPSA) is 32.3 Å². The highest BCUT2D eigenvalue weighted by Gasteiger charge is 2.17. The second kappa shape index (κ2) is 7.07. The molecular formula is C12H15BrClFN2O. The number of nitrogens with one attached hydrogen (secondary N) is 1. The lowest BCUT2D eigenvalue weighted by atomic mass is 10.2. The van der Waals surface area contributed by atoms with E-state index < -0.39 is 5.82 Å². The van der Waals surface area contributed by atoms with Crippen molar-refractivity contribution >= 4 is 34.2 Å². The summed E-state index contributed by atoms with van der Waals surface area (Å²) in [5, 5.41) is 3.23. The van der Waals surface area contributed by atoms with Gasteiger partial charge in [0.2, 0.25) is 0 Å². The van der Waals surface area contributed by atoms with Crippen molar-refractivity contribution in [3.8, 4) is 0 Å². The molecular weight excluding hydrogens is 323 g/mol. The van der Waals surface area contributed by atoms with E-state index in [2.05, 4.69) is 21.2 Å². The Bertz CT molecular complexity index is 402. The van der Waals surface area contributed by atoms with Crippen molar-refractivity contribution in [2.45, 2.75) is 6.42 Å². The summed E-state index contributed by atoms with van der Waals surface area (Å²) in [6, 6.07) is 4.29. The average Bonchev–Trinajstić information content (AvgIpc) is 2.55. The summed E-state index contributed by atoms with van der Waals surface area (Å²) in [6.45, 7) is 3.12. The first-order valence-corrected chi connectivity index (χ1v) is 6.42. The Morgan fingerprint density at radius 2 is 2.06 bits per heavy atom. The lowest BCUT2D eigenvalue weighted by Crippen LogP contribution is -2.34. The van der Waals surface area contributed by atoms with E-state index in [-0.39, 0.29) is 18.3 Å². The first-order valence-electron chi connectivity index (χ1n) is 5.63. The third-order valence-electron chi connectivity index (χ3n) is 2.74. The third kappa shape index (κ3) is 3.93. The molecule has 0 unspecified atom stereocenters. The van der Waals surface area contributed by atoms with E-state index in [0.29, 0.717) is 16.6 Å². The van der Waals surface area contributed by atoms with E-state index in [4.69, 9.17) is 0 Å². The van der Waals surface area contributed by atoms with Crippen LogP contribution >= 0.6 is 28.3 Å². The van der Waals surface area contributed by atoms with Gasteiger partial charge in [-0.05, 0) is 31.2 Å². The zero-order chi connectivity index (χ0) is 12.3. The number of nitrogens with zero attached hydrogens (tertiary/aromatic N) is 1. The molecule has 1 aromatic rings. The van der Waals surface area contributed by atoms with E-state index in [0.717, 1.165) is 26.1 Å². The van der Waals surface area contributed by atoms with Crippen molar-refractivity contribution in [3.63, 3.8) is 0 Å². The fourth-order valence-corrected chi connectivity index (χ4v) is 2.37. The van der Waals surface area contributed by atoms with Crippen LogP contribution in [0.4, 0.5) is 4.39 Å². The Morgan fingerprint density at radius 1 is 1.28 bits per heavy atom. The minimum atomic E-state index is -0.393. The van der Waals surface area contributed by atoms with Gasteiger partial charge in [-0.2, -0.15) is 0 Å². The van der Waals surface area contributed by atoms with Gasteiger partial charge in [0.15, 0.2) is 0 Å². The molecule has 0 spiro atoms. The van der Waals surface area contributed by atoms with Gasteiger partial charge in [0.1, 0.15) is 5.82 Å². The van der Waals surface area contributed by atoms with Crippen molar-refractivity contribution in [3.05, 3.63) is 34.1 Å². The highest BCUT2D eigenvalue weighted by Crippen LogP contribution is 2.16. The van der Waals surface area contributed by atoms with Crippen molar-refractivity contribution in [1.29, 1.82) is 0 Å². The molecule has 3 nitrogen and oxygen atoms in total. The predicted octanol–water partition coefficient (Wildman–Crippen LogP) is 2.45. The molecule has 1 aromatic carbocycles. The van der Waals surface area contributed by atoms with Crippen LogP contribution in [0.2, 0.25) is 0 Å². The summed E-state index contributed by atoms with van der Waals surface area (Å²) in [6.07, 6.45) is 0.933. The number of halogens is 3. The standard InChI is InChI=1S/C12H14BrFN2O.ClH/c13-10-6-9(7-11(14)8-10)12(17)16-4-1-2-15-3-5-16;/h6-8,15H,1-5H2;1H.